The standard InChI is InChI=1S/C54H33N5S/c1-3-14-37(15-4-1)52-56-53(38-16-5-2-6-17-38)58-54(57-52)39-26-23-35(24-27-39)36-29-31-42(32-30-36)59-46-22-12-10-20-44(46)51-49(59)47-48(41-28-25-34-13-7-8-18-40(34)33-41)55-45-21-11-9-19-43(45)50(47)60-51/h1-33H. The summed E-state index contributed by atoms with van der Waals surface area (Å²) in [5.74, 6) is 1.94. The maximum atomic E-state index is 5.41. The van der Waals surface area contributed by atoms with Crippen molar-refractivity contribution in [3.05, 3.63) is 200 Å². The average molecular weight is 784 g/mol. The van der Waals surface area contributed by atoms with E-state index >= 15 is 0 Å². The summed E-state index contributed by atoms with van der Waals surface area (Å²) in [5, 5.41) is 6.03. The van der Waals surface area contributed by atoms with Gasteiger partial charge in [0.1, 0.15) is 0 Å². The van der Waals surface area contributed by atoms with E-state index in [2.05, 4.69) is 144 Å². The Morgan fingerprint density at radius 3 is 1.57 bits per heavy atom. The Balaban J connectivity index is 0.974. The van der Waals surface area contributed by atoms with Crippen LogP contribution in [-0.4, -0.2) is 24.5 Å². The van der Waals surface area contributed by atoms with Crippen LogP contribution in [0.2, 0.25) is 0 Å². The molecule has 6 heteroatoms. The van der Waals surface area contributed by atoms with Crippen molar-refractivity contribution < 1.29 is 0 Å². The molecule has 0 aliphatic carbocycles. The van der Waals surface area contributed by atoms with E-state index in [9.17, 15) is 0 Å². The normalized spacial score (nSPS) is 11.7. The molecule has 12 aromatic rings. The quantitative estimate of drug-likeness (QED) is 0.169. The molecule has 0 radical (unpaired) electrons. The van der Waals surface area contributed by atoms with Crippen molar-refractivity contribution in [2.75, 3.05) is 0 Å². The Morgan fingerprint density at radius 2 is 0.883 bits per heavy atom. The number of rotatable bonds is 6. The highest BCUT2D eigenvalue weighted by atomic mass is 32.1. The van der Waals surface area contributed by atoms with Gasteiger partial charge in [-0.2, -0.15) is 0 Å². The summed E-state index contributed by atoms with van der Waals surface area (Å²) in [6.45, 7) is 0. The molecule has 0 N–H and O–H groups in total. The van der Waals surface area contributed by atoms with Crippen molar-refractivity contribution in [3.63, 3.8) is 0 Å². The second-order valence-corrected chi connectivity index (χ2v) is 16.1. The highest BCUT2D eigenvalue weighted by Gasteiger charge is 2.23. The molecule has 0 saturated carbocycles. The zero-order valence-corrected chi connectivity index (χ0v) is 33.0. The Kier molecular flexibility index (Phi) is 7.96. The SMILES string of the molecule is c1ccc(-c2nc(-c3ccccc3)nc(-c3ccc(-c4ccc(-n5c6ccccc6c6sc7c8ccccc8nc(-c8ccc9ccccc9c8)c7c65)cc4)cc3)n2)cc1. The average Bonchev–Trinajstić information content (AvgIpc) is 3.87. The molecule has 0 spiro atoms. The lowest BCUT2D eigenvalue weighted by molar-refractivity contribution is 1.07. The fourth-order valence-corrected chi connectivity index (χ4v) is 9.87. The second-order valence-electron chi connectivity index (χ2n) is 15.0. The van der Waals surface area contributed by atoms with E-state index in [0.29, 0.717) is 17.5 Å². The molecule has 4 heterocycles. The van der Waals surface area contributed by atoms with Crippen molar-refractivity contribution in [1.29, 1.82) is 0 Å². The number of hydrogen-bond donors (Lipinski definition) is 0. The van der Waals surface area contributed by atoms with Crippen molar-refractivity contribution in [2.24, 2.45) is 0 Å². The predicted octanol–water partition coefficient (Wildman–Crippen LogP) is 14.2. The topological polar surface area (TPSA) is 56.5 Å². The monoisotopic (exact) mass is 783 g/mol. The molecule has 0 saturated heterocycles. The zero-order valence-electron chi connectivity index (χ0n) is 32.2. The van der Waals surface area contributed by atoms with E-state index in [4.69, 9.17) is 19.9 Å². The highest BCUT2D eigenvalue weighted by Crippen LogP contribution is 2.48. The summed E-state index contributed by atoms with van der Waals surface area (Å²) in [4.78, 5) is 20.1. The van der Waals surface area contributed by atoms with Crippen LogP contribution in [0.4, 0.5) is 0 Å². The number of nitrogens with zero attached hydrogens (tertiary/aromatic N) is 5. The van der Waals surface area contributed by atoms with Crippen LogP contribution in [0, 0.1) is 0 Å². The van der Waals surface area contributed by atoms with Gasteiger partial charge in [0.05, 0.1) is 26.9 Å². The molecule has 0 amide bonds. The summed E-state index contributed by atoms with van der Waals surface area (Å²) in [5.41, 5.74) is 11.7. The summed E-state index contributed by atoms with van der Waals surface area (Å²) in [7, 11) is 0. The third-order valence-electron chi connectivity index (χ3n) is 11.4. The Labute approximate surface area is 349 Å². The maximum Gasteiger partial charge on any atom is 0.164 e. The van der Waals surface area contributed by atoms with Gasteiger partial charge in [0.15, 0.2) is 17.5 Å². The van der Waals surface area contributed by atoms with Crippen molar-refractivity contribution in [1.82, 2.24) is 24.5 Å². The Bertz CT molecular complexity index is 3520. The van der Waals surface area contributed by atoms with Gasteiger partial charge in [0, 0.05) is 48.8 Å². The maximum absolute atomic E-state index is 5.41. The molecule has 12 rings (SSSR count). The van der Waals surface area contributed by atoms with Crippen molar-refractivity contribution >= 4 is 64.2 Å². The summed E-state index contributed by atoms with van der Waals surface area (Å²) in [6, 6.07) is 70.2. The minimum Gasteiger partial charge on any atom is -0.308 e. The van der Waals surface area contributed by atoms with Gasteiger partial charge in [-0.15, -0.1) is 11.3 Å². The van der Waals surface area contributed by atoms with Crippen LogP contribution in [0.3, 0.4) is 0 Å². The first-order valence-electron chi connectivity index (χ1n) is 20.1. The lowest BCUT2D eigenvalue weighted by Crippen LogP contribution is -2.00. The van der Waals surface area contributed by atoms with Gasteiger partial charge in [0.25, 0.3) is 0 Å². The van der Waals surface area contributed by atoms with E-state index in [1.54, 1.807) is 0 Å². The first kappa shape index (κ1) is 34.3. The number of fused-ring (bicyclic) bond motifs is 8. The van der Waals surface area contributed by atoms with E-state index in [1.807, 2.05) is 72.0 Å². The van der Waals surface area contributed by atoms with Gasteiger partial charge in [-0.25, -0.2) is 19.9 Å². The molecule has 0 atom stereocenters. The zero-order chi connectivity index (χ0) is 39.6. The fourth-order valence-electron chi connectivity index (χ4n) is 8.51. The lowest BCUT2D eigenvalue weighted by atomic mass is 10.0. The first-order chi connectivity index (χ1) is 29.7. The number of hydrogen-bond acceptors (Lipinski definition) is 5. The highest BCUT2D eigenvalue weighted by molar-refractivity contribution is 7.27. The molecular formula is C54H33N5S. The summed E-state index contributed by atoms with van der Waals surface area (Å²) < 4.78 is 4.96. The van der Waals surface area contributed by atoms with Gasteiger partial charge < -0.3 is 4.57 Å². The van der Waals surface area contributed by atoms with Crippen LogP contribution in [0.25, 0.3) is 115 Å². The molecule has 60 heavy (non-hydrogen) atoms. The third kappa shape index (κ3) is 5.69. The van der Waals surface area contributed by atoms with Gasteiger partial charge >= 0.3 is 0 Å². The smallest absolute Gasteiger partial charge is 0.164 e. The van der Waals surface area contributed by atoms with E-state index < -0.39 is 0 Å². The van der Waals surface area contributed by atoms with Crippen LogP contribution in [0.5, 0.6) is 0 Å². The molecule has 280 valence electrons. The van der Waals surface area contributed by atoms with E-state index in [1.165, 1.54) is 47.4 Å². The number of thiophene rings is 1. The lowest BCUT2D eigenvalue weighted by Gasteiger charge is -2.12. The van der Waals surface area contributed by atoms with Crippen LogP contribution >= 0.6 is 11.3 Å². The summed E-state index contributed by atoms with van der Waals surface area (Å²) >= 11 is 1.87. The minimum absolute atomic E-state index is 0.640. The second kappa shape index (κ2) is 13.9. The molecule has 5 nitrogen and oxygen atoms in total. The van der Waals surface area contributed by atoms with E-state index in [0.717, 1.165) is 50.3 Å². The third-order valence-corrected chi connectivity index (χ3v) is 12.7. The summed E-state index contributed by atoms with van der Waals surface area (Å²) in [6.07, 6.45) is 0. The minimum atomic E-state index is 0.640. The number of aromatic nitrogens is 5. The van der Waals surface area contributed by atoms with Gasteiger partial charge in [-0.05, 0) is 52.2 Å². The van der Waals surface area contributed by atoms with E-state index in [-0.39, 0.29) is 0 Å². The molecule has 4 aromatic heterocycles. The largest absolute Gasteiger partial charge is 0.308 e. The number of pyridine rings is 1. The van der Waals surface area contributed by atoms with Crippen molar-refractivity contribution in [2.45, 2.75) is 0 Å². The fraction of sp³-hybridized carbons (Fsp3) is 0. The number of para-hydroxylation sites is 2. The molecule has 8 aromatic carbocycles. The molecule has 0 unspecified atom stereocenters. The Morgan fingerprint density at radius 1 is 0.367 bits per heavy atom. The van der Waals surface area contributed by atoms with Crippen LogP contribution in [0.15, 0.2) is 200 Å². The van der Waals surface area contributed by atoms with Crippen LogP contribution in [0.1, 0.15) is 0 Å². The van der Waals surface area contributed by atoms with Crippen LogP contribution in [-0.2, 0) is 0 Å². The van der Waals surface area contributed by atoms with Gasteiger partial charge in [0.2, 0.25) is 0 Å². The van der Waals surface area contributed by atoms with Crippen LogP contribution < -0.4 is 0 Å². The van der Waals surface area contributed by atoms with Gasteiger partial charge in [-0.3, -0.25) is 0 Å². The number of benzene rings is 8. The molecule has 0 fully saturated rings. The molecular weight excluding hydrogens is 751 g/mol. The molecule has 0 aliphatic heterocycles. The van der Waals surface area contributed by atoms with Crippen molar-refractivity contribution in [3.8, 4) is 62.2 Å². The predicted molar refractivity (Wildman–Crippen MR) is 250 cm³/mol. The van der Waals surface area contributed by atoms with Gasteiger partial charge in [-0.1, -0.05) is 170 Å². The molecule has 0 aliphatic rings. The molecule has 0 bridgehead atoms. The Hall–Kier alpha value is -7.80. The first-order valence-corrected chi connectivity index (χ1v) is 20.9.